The Kier molecular flexibility index (Phi) is 6.25. The lowest BCUT2D eigenvalue weighted by Crippen LogP contribution is -2.26. The number of carbonyl (C=O) groups is 2. The van der Waals surface area contributed by atoms with E-state index in [2.05, 4.69) is 10.6 Å². The number of alkyl halides is 3. The topological polar surface area (TPSA) is 58.2 Å². The van der Waals surface area contributed by atoms with Crippen LogP contribution in [0.5, 0.6) is 0 Å². The number of rotatable bonds is 5. The predicted octanol–water partition coefficient (Wildman–Crippen LogP) is 4.71. The maximum Gasteiger partial charge on any atom is 0.416 e. The van der Waals surface area contributed by atoms with Crippen molar-refractivity contribution in [2.75, 3.05) is 11.9 Å². The van der Waals surface area contributed by atoms with Crippen LogP contribution in [0.2, 0.25) is 0 Å². The summed E-state index contributed by atoms with van der Waals surface area (Å²) in [6.07, 6.45) is -3.70. The van der Waals surface area contributed by atoms with Gasteiger partial charge in [0.05, 0.1) is 16.8 Å². The van der Waals surface area contributed by atoms with Gasteiger partial charge < -0.3 is 10.6 Å². The molecule has 0 fully saturated rings. The van der Waals surface area contributed by atoms with Gasteiger partial charge in [-0.05, 0) is 55.7 Å². The Morgan fingerprint density at radius 1 is 0.963 bits per heavy atom. The largest absolute Gasteiger partial charge is 0.416 e. The number of halogens is 3. The Bertz CT molecular complexity index is 861. The van der Waals surface area contributed by atoms with Gasteiger partial charge in [0.15, 0.2) is 0 Å². The van der Waals surface area contributed by atoms with Gasteiger partial charge in [-0.15, -0.1) is 0 Å². The summed E-state index contributed by atoms with van der Waals surface area (Å²) in [6.45, 7) is 5.60. The number of nitrogens with one attached hydrogen (secondary N) is 2. The number of carbonyl (C=O) groups excluding carboxylic acids is 2. The second-order valence-corrected chi connectivity index (χ2v) is 6.23. The Hall–Kier alpha value is -2.83. The average Bonchev–Trinajstić information content (AvgIpc) is 2.60. The smallest absolute Gasteiger partial charge is 0.352 e. The van der Waals surface area contributed by atoms with Gasteiger partial charge in [-0.25, -0.2) is 0 Å². The van der Waals surface area contributed by atoms with Crippen LogP contribution in [0, 0.1) is 13.8 Å². The van der Waals surface area contributed by atoms with Crippen LogP contribution in [-0.2, 0) is 6.18 Å². The molecule has 0 saturated heterocycles. The molecule has 2 amide bonds. The van der Waals surface area contributed by atoms with Crippen molar-refractivity contribution in [1.29, 1.82) is 0 Å². The van der Waals surface area contributed by atoms with E-state index in [4.69, 9.17) is 0 Å². The van der Waals surface area contributed by atoms with Crippen LogP contribution in [0.25, 0.3) is 0 Å². The number of amides is 2. The average molecular weight is 378 g/mol. The molecule has 2 aromatic carbocycles. The second-order valence-electron chi connectivity index (χ2n) is 6.23. The Morgan fingerprint density at radius 2 is 1.67 bits per heavy atom. The van der Waals surface area contributed by atoms with Crippen LogP contribution in [0.1, 0.15) is 50.8 Å². The minimum Gasteiger partial charge on any atom is -0.352 e. The van der Waals surface area contributed by atoms with Crippen molar-refractivity contribution in [3.8, 4) is 0 Å². The standard InChI is InChI=1S/C20H21F3N2O2/c1-4-10-24-18(26)16-7-5-6-12(2)17(16)25-19(27)15-9-8-14(11-13(15)3)20(21,22)23/h5-9,11H,4,10H2,1-3H3,(H,24,26)(H,25,27). The molecule has 2 rings (SSSR count). The molecule has 0 aliphatic carbocycles. The van der Waals surface area contributed by atoms with Gasteiger partial charge in [0.1, 0.15) is 0 Å². The highest BCUT2D eigenvalue weighted by Crippen LogP contribution is 2.31. The minimum atomic E-state index is -4.47. The van der Waals surface area contributed by atoms with Crippen LogP contribution < -0.4 is 10.6 Å². The third-order valence-electron chi connectivity index (χ3n) is 4.09. The van der Waals surface area contributed by atoms with Gasteiger partial charge in [0.25, 0.3) is 11.8 Å². The highest BCUT2D eigenvalue weighted by Gasteiger charge is 2.31. The van der Waals surface area contributed by atoms with Crippen LogP contribution in [0.3, 0.4) is 0 Å². The third kappa shape index (κ3) is 4.87. The molecular formula is C20H21F3N2O2. The minimum absolute atomic E-state index is 0.117. The van der Waals surface area contributed by atoms with E-state index < -0.39 is 17.6 Å². The monoisotopic (exact) mass is 378 g/mol. The molecule has 0 aliphatic rings. The second kappa shape index (κ2) is 8.24. The Balaban J connectivity index is 2.32. The van der Waals surface area contributed by atoms with Crippen molar-refractivity contribution in [2.24, 2.45) is 0 Å². The molecule has 144 valence electrons. The highest BCUT2D eigenvalue weighted by molar-refractivity contribution is 6.10. The molecule has 0 unspecified atom stereocenters. The SMILES string of the molecule is CCCNC(=O)c1cccc(C)c1NC(=O)c1ccc(C(F)(F)F)cc1C. The van der Waals surface area contributed by atoms with Crippen molar-refractivity contribution < 1.29 is 22.8 Å². The number of hydrogen-bond acceptors (Lipinski definition) is 2. The fourth-order valence-electron chi connectivity index (χ4n) is 2.63. The number of benzene rings is 2. The van der Waals surface area contributed by atoms with Crippen molar-refractivity contribution in [1.82, 2.24) is 5.32 Å². The van der Waals surface area contributed by atoms with Gasteiger partial charge in [-0.1, -0.05) is 19.1 Å². The fraction of sp³-hybridized carbons (Fsp3) is 0.300. The van der Waals surface area contributed by atoms with Crippen molar-refractivity contribution in [3.05, 3.63) is 64.2 Å². The Morgan fingerprint density at radius 3 is 2.26 bits per heavy atom. The molecule has 7 heteroatoms. The molecule has 0 bridgehead atoms. The van der Waals surface area contributed by atoms with Crippen LogP contribution in [-0.4, -0.2) is 18.4 Å². The van der Waals surface area contributed by atoms with Gasteiger partial charge in [0, 0.05) is 12.1 Å². The van der Waals surface area contributed by atoms with E-state index in [-0.39, 0.29) is 17.0 Å². The summed E-state index contributed by atoms with van der Waals surface area (Å²) < 4.78 is 38.4. The molecule has 27 heavy (non-hydrogen) atoms. The first kappa shape index (κ1) is 20.5. The lowest BCUT2D eigenvalue weighted by Gasteiger charge is -2.15. The quantitative estimate of drug-likeness (QED) is 0.791. The number of hydrogen-bond donors (Lipinski definition) is 2. The maximum atomic E-state index is 12.8. The maximum absolute atomic E-state index is 12.8. The first-order valence-electron chi connectivity index (χ1n) is 8.52. The number of anilines is 1. The van der Waals surface area contributed by atoms with Crippen molar-refractivity contribution >= 4 is 17.5 Å². The lowest BCUT2D eigenvalue weighted by atomic mass is 10.0. The van der Waals surface area contributed by atoms with Crippen LogP contribution in [0.4, 0.5) is 18.9 Å². The number of para-hydroxylation sites is 1. The zero-order valence-corrected chi connectivity index (χ0v) is 15.3. The zero-order chi connectivity index (χ0) is 20.2. The summed E-state index contributed by atoms with van der Waals surface area (Å²) in [4.78, 5) is 24.9. The van der Waals surface area contributed by atoms with E-state index in [1.807, 2.05) is 6.92 Å². The first-order valence-corrected chi connectivity index (χ1v) is 8.52. The highest BCUT2D eigenvalue weighted by atomic mass is 19.4. The van der Waals surface area contributed by atoms with E-state index in [0.717, 1.165) is 24.6 Å². The molecular weight excluding hydrogens is 357 g/mol. The van der Waals surface area contributed by atoms with Crippen LogP contribution >= 0.6 is 0 Å². The van der Waals surface area contributed by atoms with E-state index in [1.54, 1.807) is 25.1 Å². The first-order chi connectivity index (χ1) is 12.6. The van der Waals surface area contributed by atoms with Gasteiger partial charge >= 0.3 is 6.18 Å². The summed E-state index contributed by atoms with van der Waals surface area (Å²) >= 11 is 0. The summed E-state index contributed by atoms with van der Waals surface area (Å²) in [5.74, 6) is -0.889. The molecule has 0 aromatic heterocycles. The fourth-order valence-corrected chi connectivity index (χ4v) is 2.63. The van der Waals surface area contributed by atoms with Crippen LogP contribution in [0.15, 0.2) is 36.4 Å². The molecule has 0 saturated carbocycles. The molecule has 0 aliphatic heterocycles. The molecule has 2 aromatic rings. The summed E-state index contributed by atoms with van der Waals surface area (Å²) in [7, 11) is 0. The summed E-state index contributed by atoms with van der Waals surface area (Å²) in [5, 5.41) is 5.42. The third-order valence-corrected chi connectivity index (χ3v) is 4.09. The summed E-state index contributed by atoms with van der Waals surface area (Å²) in [5.41, 5.74) is 0.833. The van der Waals surface area contributed by atoms with E-state index in [0.29, 0.717) is 23.4 Å². The zero-order valence-electron chi connectivity index (χ0n) is 15.3. The van der Waals surface area contributed by atoms with E-state index >= 15 is 0 Å². The van der Waals surface area contributed by atoms with E-state index in [9.17, 15) is 22.8 Å². The molecule has 0 atom stereocenters. The molecule has 2 N–H and O–H groups in total. The van der Waals surface area contributed by atoms with Gasteiger partial charge in [-0.3, -0.25) is 9.59 Å². The predicted molar refractivity (Wildman–Crippen MR) is 97.9 cm³/mol. The van der Waals surface area contributed by atoms with Crippen molar-refractivity contribution in [2.45, 2.75) is 33.4 Å². The lowest BCUT2D eigenvalue weighted by molar-refractivity contribution is -0.137. The van der Waals surface area contributed by atoms with E-state index in [1.165, 1.54) is 6.92 Å². The van der Waals surface area contributed by atoms with Crippen molar-refractivity contribution in [3.63, 3.8) is 0 Å². The molecule has 0 spiro atoms. The normalized spacial score (nSPS) is 11.2. The molecule has 0 heterocycles. The number of aryl methyl sites for hydroxylation is 2. The Labute approximate surface area is 155 Å². The van der Waals surface area contributed by atoms with Gasteiger partial charge in [0.2, 0.25) is 0 Å². The summed E-state index contributed by atoms with van der Waals surface area (Å²) in [6, 6.07) is 7.98. The molecule has 4 nitrogen and oxygen atoms in total. The molecule has 0 radical (unpaired) electrons. The van der Waals surface area contributed by atoms with Gasteiger partial charge in [-0.2, -0.15) is 13.2 Å².